The zero-order valence-electron chi connectivity index (χ0n) is 10.6. The third-order valence-electron chi connectivity index (χ3n) is 3.02. The molecule has 1 aromatic rings. The lowest BCUT2D eigenvalue weighted by atomic mass is 9.97. The molecular formula is C14H18N2O2. The van der Waals surface area contributed by atoms with Gasteiger partial charge in [-0.1, -0.05) is 44.2 Å². The minimum Gasteiger partial charge on any atom is -0.342 e. The van der Waals surface area contributed by atoms with Crippen LogP contribution in [-0.2, 0) is 9.59 Å². The summed E-state index contributed by atoms with van der Waals surface area (Å²) in [6.07, 6.45) is 0.666. The van der Waals surface area contributed by atoms with Crippen LogP contribution in [0.5, 0.6) is 0 Å². The SMILES string of the molecule is CC(C)CC1NC(=O)C(c2ccccc2)NC1=O. The first kappa shape index (κ1) is 12.6. The fourth-order valence-electron chi connectivity index (χ4n) is 2.15. The van der Waals surface area contributed by atoms with E-state index in [1.165, 1.54) is 0 Å². The molecule has 2 amide bonds. The number of hydrogen-bond acceptors (Lipinski definition) is 2. The molecule has 0 aromatic heterocycles. The summed E-state index contributed by atoms with van der Waals surface area (Å²) in [6.45, 7) is 4.06. The van der Waals surface area contributed by atoms with Crippen molar-refractivity contribution in [2.45, 2.75) is 32.4 Å². The van der Waals surface area contributed by atoms with Crippen molar-refractivity contribution >= 4 is 11.8 Å². The van der Waals surface area contributed by atoms with Crippen molar-refractivity contribution in [3.8, 4) is 0 Å². The van der Waals surface area contributed by atoms with Crippen molar-refractivity contribution in [1.29, 1.82) is 0 Å². The van der Waals surface area contributed by atoms with E-state index in [4.69, 9.17) is 0 Å². The van der Waals surface area contributed by atoms with E-state index >= 15 is 0 Å². The van der Waals surface area contributed by atoms with Crippen LogP contribution >= 0.6 is 0 Å². The maximum absolute atomic E-state index is 12.0. The summed E-state index contributed by atoms with van der Waals surface area (Å²) in [5.74, 6) is 0.137. The monoisotopic (exact) mass is 246 g/mol. The highest BCUT2D eigenvalue weighted by Gasteiger charge is 2.34. The highest BCUT2D eigenvalue weighted by molar-refractivity contribution is 5.97. The molecule has 0 bridgehead atoms. The molecule has 2 N–H and O–H groups in total. The van der Waals surface area contributed by atoms with Crippen molar-refractivity contribution in [3.05, 3.63) is 35.9 Å². The standard InChI is InChI=1S/C14H18N2O2/c1-9(2)8-11-13(17)16-12(14(18)15-11)10-6-4-3-5-7-10/h3-7,9,11-12H,8H2,1-2H3,(H,15,18)(H,16,17). The zero-order valence-corrected chi connectivity index (χ0v) is 10.6. The molecule has 0 aliphatic carbocycles. The normalized spacial score (nSPS) is 23.7. The lowest BCUT2D eigenvalue weighted by Gasteiger charge is -2.30. The Labute approximate surface area is 107 Å². The molecule has 1 aliphatic heterocycles. The molecule has 0 saturated carbocycles. The smallest absolute Gasteiger partial charge is 0.247 e. The van der Waals surface area contributed by atoms with Crippen molar-refractivity contribution < 1.29 is 9.59 Å². The molecule has 4 heteroatoms. The maximum Gasteiger partial charge on any atom is 0.247 e. The van der Waals surface area contributed by atoms with Crippen LogP contribution in [0.25, 0.3) is 0 Å². The van der Waals surface area contributed by atoms with Crippen LogP contribution in [0.3, 0.4) is 0 Å². The van der Waals surface area contributed by atoms with Gasteiger partial charge in [-0.2, -0.15) is 0 Å². The minimum atomic E-state index is -0.567. The van der Waals surface area contributed by atoms with Crippen LogP contribution < -0.4 is 10.6 Å². The number of carbonyl (C=O) groups is 2. The van der Waals surface area contributed by atoms with Crippen molar-refractivity contribution in [1.82, 2.24) is 10.6 Å². The Morgan fingerprint density at radius 2 is 1.72 bits per heavy atom. The van der Waals surface area contributed by atoms with Gasteiger partial charge in [0.2, 0.25) is 11.8 Å². The first-order valence-corrected chi connectivity index (χ1v) is 6.23. The second-order valence-electron chi connectivity index (χ2n) is 5.04. The highest BCUT2D eigenvalue weighted by atomic mass is 16.2. The topological polar surface area (TPSA) is 58.2 Å². The van der Waals surface area contributed by atoms with Gasteiger partial charge in [-0.15, -0.1) is 0 Å². The maximum atomic E-state index is 12.0. The van der Waals surface area contributed by atoms with Gasteiger partial charge in [0, 0.05) is 0 Å². The summed E-state index contributed by atoms with van der Waals surface area (Å²) in [7, 11) is 0. The van der Waals surface area contributed by atoms with Crippen LogP contribution in [0.15, 0.2) is 30.3 Å². The lowest BCUT2D eigenvalue weighted by Crippen LogP contribution is -2.57. The van der Waals surface area contributed by atoms with Gasteiger partial charge in [0.05, 0.1) is 0 Å². The van der Waals surface area contributed by atoms with Crippen LogP contribution in [0.4, 0.5) is 0 Å². The van der Waals surface area contributed by atoms with E-state index in [2.05, 4.69) is 10.6 Å². The summed E-state index contributed by atoms with van der Waals surface area (Å²) in [6, 6.07) is 8.30. The van der Waals surface area contributed by atoms with E-state index in [0.717, 1.165) is 5.56 Å². The van der Waals surface area contributed by atoms with Gasteiger partial charge in [-0.25, -0.2) is 0 Å². The fourth-order valence-corrected chi connectivity index (χ4v) is 2.15. The van der Waals surface area contributed by atoms with Gasteiger partial charge in [-0.3, -0.25) is 9.59 Å². The summed E-state index contributed by atoms with van der Waals surface area (Å²) in [4.78, 5) is 23.9. The second kappa shape index (κ2) is 5.21. The largest absolute Gasteiger partial charge is 0.342 e. The van der Waals surface area contributed by atoms with E-state index in [0.29, 0.717) is 12.3 Å². The third kappa shape index (κ3) is 2.70. The zero-order chi connectivity index (χ0) is 13.1. The number of piperazine rings is 1. The number of rotatable bonds is 3. The van der Waals surface area contributed by atoms with Gasteiger partial charge >= 0.3 is 0 Å². The number of carbonyl (C=O) groups excluding carboxylic acids is 2. The number of benzene rings is 1. The average molecular weight is 246 g/mol. The number of nitrogens with one attached hydrogen (secondary N) is 2. The Kier molecular flexibility index (Phi) is 3.65. The van der Waals surface area contributed by atoms with E-state index in [1.54, 1.807) is 0 Å². The summed E-state index contributed by atoms with van der Waals surface area (Å²) in [5.41, 5.74) is 0.811. The highest BCUT2D eigenvalue weighted by Crippen LogP contribution is 2.18. The first-order valence-electron chi connectivity index (χ1n) is 6.23. The van der Waals surface area contributed by atoms with E-state index in [9.17, 15) is 9.59 Å². The molecule has 0 radical (unpaired) electrons. The molecule has 1 heterocycles. The Balaban J connectivity index is 2.11. The predicted octanol–water partition coefficient (Wildman–Crippen LogP) is 1.39. The molecule has 2 rings (SSSR count). The second-order valence-corrected chi connectivity index (χ2v) is 5.04. The van der Waals surface area contributed by atoms with E-state index in [-0.39, 0.29) is 11.8 Å². The fraction of sp³-hybridized carbons (Fsp3) is 0.429. The van der Waals surface area contributed by atoms with Gasteiger partial charge < -0.3 is 10.6 Å². The van der Waals surface area contributed by atoms with Gasteiger partial charge in [0.25, 0.3) is 0 Å². The van der Waals surface area contributed by atoms with Crippen molar-refractivity contribution in [3.63, 3.8) is 0 Å². The summed E-state index contributed by atoms with van der Waals surface area (Å²) in [5, 5.41) is 5.58. The molecule has 18 heavy (non-hydrogen) atoms. The van der Waals surface area contributed by atoms with Gasteiger partial charge in [-0.05, 0) is 17.9 Å². The van der Waals surface area contributed by atoms with Crippen LogP contribution in [0, 0.1) is 5.92 Å². The Morgan fingerprint density at radius 1 is 1.06 bits per heavy atom. The average Bonchev–Trinajstić information content (AvgIpc) is 2.34. The lowest BCUT2D eigenvalue weighted by molar-refractivity contribution is -0.137. The minimum absolute atomic E-state index is 0.0999. The molecular weight excluding hydrogens is 228 g/mol. The molecule has 2 atom stereocenters. The molecule has 1 fully saturated rings. The molecule has 96 valence electrons. The molecule has 0 spiro atoms. The van der Waals surface area contributed by atoms with Gasteiger partial charge in [0.15, 0.2) is 0 Å². The Morgan fingerprint density at radius 3 is 2.33 bits per heavy atom. The Hall–Kier alpha value is -1.84. The molecule has 2 unspecified atom stereocenters. The molecule has 4 nitrogen and oxygen atoms in total. The first-order chi connectivity index (χ1) is 8.58. The summed E-state index contributed by atoms with van der Waals surface area (Å²) >= 11 is 0. The molecule has 1 aromatic carbocycles. The third-order valence-corrected chi connectivity index (χ3v) is 3.02. The van der Waals surface area contributed by atoms with Crippen LogP contribution in [0.2, 0.25) is 0 Å². The van der Waals surface area contributed by atoms with Crippen LogP contribution in [-0.4, -0.2) is 17.9 Å². The number of hydrogen-bond donors (Lipinski definition) is 2. The molecule has 1 saturated heterocycles. The quantitative estimate of drug-likeness (QED) is 0.846. The van der Waals surface area contributed by atoms with Gasteiger partial charge in [0.1, 0.15) is 12.1 Å². The molecule has 1 aliphatic rings. The predicted molar refractivity (Wildman–Crippen MR) is 68.7 cm³/mol. The Bertz CT molecular complexity index is 442. The van der Waals surface area contributed by atoms with Crippen molar-refractivity contribution in [2.75, 3.05) is 0 Å². The van der Waals surface area contributed by atoms with Crippen LogP contribution in [0.1, 0.15) is 31.9 Å². The number of amides is 2. The van der Waals surface area contributed by atoms with E-state index < -0.39 is 12.1 Å². The summed E-state index contributed by atoms with van der Waals surface area (Å²) < 4.78 is 0. The van der Waals surface area contributed by atoms with Crippen molar-refractivity contribution in [2.24, 2.45) is 5.92 Å². The van der Waals surface area contributed by atoms with E-state index in [1.807, 2.05) is 44.2 Å².